The van der Waals surface area contributed by atoms with E-state index in [0.717, 1.165) is 25.1 Å². The van der Waals surface area contributed by atoms with E-state index in [0.29, 0.717) is 36.5 Å². The number of aromatic nitrogens is 1. The topological polar surface area (TPSA) is 69.6 Å². The second-order valence-electron chi connectivity index (χ2n) is 6.09. The Kier molecular flexibility index (Phi) is 6.57. The molecule has 1 aromatic rings. The first-order valence-corrected chi connectivity index (χ1v) is 8.73. The molecule has 1 atom stereocenters. The lowest BCUT2D eigenvalue weighted by atomic mass is 10.1. The molecule has 0 bridgehead atoms. The molecule has 1 unspecified atom stereocenters. The number of rotatable bonds is 8. The Morgan fingerprint density at radius 3 is 2.67 bits per heavy atom. The van der Waals surface area contributed by atoms with Crippen LogP contribution in [0.15, 0.2) is 0 Å². The van der Waals surface area contributed by atoms with Crippen LogP contribution in [0, 0.1) is 13.8 Å². The zero-order valence-corrected chi connectivity index (χ0v) is 15.1. The molecule has 6 heteroatoms. The number of nitrogens with zero attached hydrogens (tertiary/aromatic N) is 1. The number of nitrogens with one attached hydrogen (secondary N) is 1. The van der Waals surface area contributed by atoms with Gasteiger partial charge < -0.3 is 19.4 Å². The quantitative estimate of drug-likeness (QED) is 0.582. The van der Waals surface area contributed by atoms with Crippen molar-refractivity contribution >= 4 is 11.8 Å². The molecule has 24 heavy (non-hydrogen) atoms. The Bertz CT molecular complexity index is 601. The van der Waals surface area contributed by atoms with Gasteiger partial charge in [0.1, 0.15) is 5.69 Å². The van der Waals surface area contributed by atoms with Crippen molar-refractivity contribution in [2.24, 2.45) is 0 Å². The lowest BCUT2D eigenvalue weighted by Crippen LogP contribution is -2.31. The molecule has 1 aliphatic rings. The van der Waals surface area contributed by atoms with Gasteiger partial charge in [-0.05, 0) is 46.1 Å². The van der Waals surface area contributed by atoms with Crippen molar-refractivity contribution in [3.05, 3.63) is 22.5 Å². The van der Waals surface area contributed by atoms with Gasteiger partial charge in [0.25, 0.3) is 0 Å². The van der Waals surface area contributed by atoms with Gasteiger partial charge in [-0.1, -0.05) is 0 Å². The minimum Gasteiger partial charge on any atom is -0.461 e. The minimum absolute atomic E-state index is 0.000690. The number of hydrogen-bond acceptors (Lipinski definition) is 5. The molecule has 0 aliphatic carbocycles. The first-order chi connectivity index (χ1) is 11.5. The molecular formula is C18H28N2O4. The van der Waals surface area contributed by atoms with Crippen molar-refractivity contribution in [3.63, 3.8) is 0 Å². The summed E-state index contributed by atoms with van der Waals surface area (Å²) < 4.78 is 12.6. The fourth-order valence-electron chi connectivity index (χ4n) is 3.40. The summed E-state index contributed by atoms with van der Waals surface area (Å²) in [6, 6.07) is 0. The highest BCUT2D eigenvalue weighted by Gasteiger charge is 2.26. The number of ether oxygens (including phenoxy) is 2. The van der Waals surface area contributed by atoms with Crippen molar-refractivity contribution in [1.29, 1.82) is 0 Å². The number of Topliss-reactive ketones (excluding diaryl/α,β-unsaturated/α-hetero) is 1. The maximum atomic E-state index is 12.7. The lowest BCUT2D eigenvalue weighted by Gasteiger charge is -2.10. The zero-order chi connectivity index (χ0) is 17.7. The van der Waals surface area contributed by atoms with Gasteiger partial charge in [-0.15, -0.1) is 0 Å². The van der Waals surface area contributed by atoms with Crippen LogP contribution >= 0.6 is 0 Å². The van der Waals surface area contributed by atoms with Crippen LogP contribution in [0.5, 0.6) is 0 Å². The maximum Gasteiger partial charge on any atom is 0.355 e. The lowest BCUT2D eigenvalue weighted by molar-refractivity contribution is 0.0512. The van der Waals surface area contributed by atoms with Crippen molar-refractivity contribution in [2.45, 2.75) is 53.2 Å². The molecule has 0 spiro atoms. The Morgan fingerprint density at radius 2 is 2.08 bits per heavy atom. The summed E-state index contributed by atoms with van der Waals surface area (Å²) in [4.78, 5) is 24.9. The van der Waals surface area contributed by atoms with E-state index in [9.17, 15) is 9.59 Å². The van der Waals surface area contributed by atoms with Gasteiger partial charge in [0, 0.05) is 31.0 Å². The van der Waals surface area contributed by atoms with E-state index in [4.69, 9.17) is 9.47 Å². The molecule has 0 aromatic carbocycles. The van der Waals surface area contributed by atoms with Gasteiger partial charge >= 0.3 is 5.97 Å². The van der Waals surface area contributed by atoms with Crippen LogP contribution in [0.4, 0.5) is 0 Å². The molecule has 1 aliphatic heterocycles. The van der Waals surface area contributed by atoms with Crippen LogP contribution in [0.25, 0.3) is 0 Å². The summed E-state index contributed by atoms with van der Waals surface area (Å²) in [5.74, 6) is -0.368. The van der Waals surface area contributed by atoms with E-state index >= 15 is 0 Å². The highest BCUT2D eigenvalue weighted by atomic mass is 16.5. The van der Waals surface area contributed by atoms with Crippen LogP contribution in [0.3, 0.4) is 0 Å². The van der Waals surface area contributed by atoms with Crippen LogP contribution in [0.2, 0.25) is 0 Å². The molecule has 0 amide bonds. The van der Waals surface area contributed by atoms with Crippen LogP contribution in [0.1, 0.15) is 58.8 Å². The average Bonchev–Trinajstić information content (AvgIpc) is 3.13. The number of carbonyl (C=O) groups excluding carboxylic acids is 2. The number of ketones is 1. The number of carbonyl (C=O) groups is 2. The summed E-state index contributed by atoms with van der Waals surface area (Å²) in [6.07, 6.45) is 2.33. The largest absolute Gasteiger partial charge is 0.461 e. The summed E-state index contributed by atoms with van der Waals surface area (Å²) in [6.45, 7) is 10.1. The standard InChI is InChI=1S/C18H28N2O4/c1-5-20-13(4)16(12(3)17(20)18(22)23-6-2)15(21)11-19-10-14-8-7-9-24-14/h14,19H,5-11H2,1-4H3. The van der Waals surface area contributed by atoms with E-state index in [1.807, 2.05) is 25.3 Å². The Morgan fingerprint density at radius 1 is 1.33 bits per heavy atom. The zero-order valence-electron chi connectivity index (χ0n) is 15.1. The van der Waals surface area contributed by atoms with Crippen molar-refractivity contribution < 1.29 is 19.1 Å². The van der Waals surface area contributed by atoms with Gasteiger partial charge in [0.2, 0.25) is 0 Å². The maximum absolute atomic E-state index is 12.7. The normalized spacial score (nSPS) is 17.2. The molecule has 1 N–H and O–H groups in total. The molecule has 1 fully saturated rings. The van der Waals surface area contributed by atoms with Gasteiger partial charge in [-0.2, -0.15) is 0 Å². The molecule has 2 rings (SSSR count). The summed E-state index contributed by atoms with van der Waals surface area (Å²) in [5, 5.41) is 3.18. The molecule has 0 saturated carbocycles. The molecule has 0 radical (unpaired) electrons. The van der Waals surface area contributed by atoms with Crippen LogP contribution < -0.4 is 5.32 Å². The first kappa shape index (κ1) is 18.7. The monoisotopic (exact) mass is 336 g/mol. The second kappa shape index (κ2) is 8.44. The highest BCUT2D eigenvalue weighted by molar-refractivity contribution is 6.03. The smallest absolute Gasteiger partial charge is 0.355 e. The van der Waals surface area contributed by atoms with Crippen molar-refractivity contribution in [1.82, 2.24) is 9.88 Å². The summed E-state index contributed by atoms with van der Waals surface area (Å²) in [5.41, 5.74) is 2.64. The fraction of sp³-hybridized carbons (Fsp3) is 0.667. The van der Waals surface area contributed by atoms with E-state index in [1.165, 1.54) is 0 Å². The Labute approximate surface area is 143 Å². The van der Waals surface area contributed by atoms with E-state index in [2.05, 4.69) is 5.32 Å². The fourth-order valence-corrected chi connectivity index (χ4v) is 3.40. The van der Waals surface area contributed by atoms with Crippen LogP contribution in [-0.4, -0.2) is 48.7 Å². The van der Waals surface area contributed by atoms with Gasteiger partial charge in [0.15, 0.2) is 5.78 Å². The third-order valence-electron chi connectivity index (χ3n) is 4.51. The van der Waals surface area contributed by atoms with E-state index < -0.39 is 0 Å². The second-order valence-corrected chi connectivity index (χ2v) is 6.09. The first-order valence-electron chi connectivity index (χ1n) is 8.73. The predicted octanol–water partition coefficient (Wildman–Crippen LogP) is 2.25. The predicted molar refractivity (Wildman–Crippen MR) is 91.7 cm³/mol. The van der Waals surface area contributed by atoms with Gasteiger partial charge in [-0.25, -0.2) is 4.79 Å². The van der Waals surface area contributed by atoms with E-state index in [1.54, 1.807) is 6.92 Å². The van der Waals surface area contributed by atoms with E-state index in [-0.39, 0.29) is 24.4 Å². The highest BCUT2D eigenvalue weighted by Crippen LogP contribution is 2.23. The Hall–Kier alpha value is -1.66. The minimum atomic E-state index is -0.369. The van der Waals surface area contributed by atoms with Crippen LogP contribution in [-0.2, 0) is 16.0 Å². The third kappa shape index (κ3) is 3.87. The molecule has 2 heterocycles. The molecule has 6 nitrogen and oxygen atoms in total. The average molecular weight is 336 g/mol. The SMILES string of the molecule is CCOC(=O)c1c(C)c(C(=O)CNCC2CCCO2)c(C)n1CC. The third-order valence-corrected chi connectivity index (χ3v) is 4.51. The van der Waals surface area contributed by atoms with Crippen molar-refractivity contribution in [3.8, 4) is 0 Å². The van der Waals surface area contributed by atoms with Crippen molar-refractivity contribution in [2.75, 3.05) is 26.3 Å². The molecule has 134 valence electrons. The molecular weight excluding hydrogens is 308 g/mol. The van der Waals surface area contributed by atoms with Gasteiger partial charge in [-0.3, -0.25) is 4.79 Å². The summed E-state index contributed by atoms with van der Waals surface area (Å²) >= 11 is 0. The molecule has 1 aromatic heterocycles. The van der Waals surface area contributed by atoms with Gasteiger partial charge in [0.05, 0.1) is 19.3 Å². The Balaban J connectivity index is 2.13. The molecule has 1 saturated heterocycles. The number of esters is 1. The number of hydrogen-bond donors (Lipinski definition) is 1. The summed E-state index contributed by atoms with van der Waals surface area (Å²) in [7, 11) is 0.